The van der Waals surface area contributed by atoms with Gasteiger partial charge in [-0.05, 0) is 32.3 Å². The monoisotopic (exact) mass is 281 g/mol. The van der Waals surface area contributed by atoms with Gasteiger partial charge in [-0.25, -0.2) is 4.98 Å². The third kappa shape index (κ3) is 2.57. The first-order valence-corrected chi connectivity index (χ1v) is 7.28. The summed E-state index contributed by atoms with van der Waals surface area (Å²) in [5.74, 6) is 1.53. The second-order valence-electron chi connectivity index (χ2n) is 5.86. The van der Waals surface area contributed by atoms with Crippen molar-refractivity contribution in [1.82, 2.24) is 10.3 Å². The minimum Gasteiger partial charge on any atom is -0.444 e. The van der Waals surface area contributed by atoms with Gasteiger partial charge in [-0.3, -0.25) is 0 Å². The number of nitrogens with zero attached hydrogens (tertiary/aromatic N) is 2. The van der Waals surface area contributed by atoms with E-state index in [0.717, 1.165) is 24.2 Å². The van der Waals surface area contributed by atoms with Crippen molar-refractivity contribution in [2.75, 3.05) is 0 Å². The van der Waals surface area contributed by atoms with Crippen molar-refractivity contribution in [2.45, 2.75) is 44.2 Å². The molecule has 1 aromatic heterocycles. The molecule has 0 bridgehead atoms. The average molecular weight is 281 g/mol. The lowest BCUT2D eigenvalue weighted by molar-refractivity contribution is 0.203. The van der Waals surface area contributed by atoms with Gasteiger partial charge in [0.1, 0.15) is 5.76 Å². The first-order valence-electron chi connectivity index (χ1n) is 7.28. The standard InChI is InChI=1S/C17H19N3O/c1-12-10-19-16(21-12)13(2)20-15-8-17(9-15,11-18)14-6-4-3-5-7-14/h3-7,10,13,15,20H,8-9H2,1-2H3. The van der Waals surface area contributed by atoms with Crippen LogP contribution in [-0.2, 0) is 5.41 Å². The molecule has 1 unspecified atom stereocenters. The van der Waals surface area contributed by atoms with Crippen molar-refractivity contribution >= 4 is 0 Å². The number of nitriles is 1. The second kappa shape index (κ2) is 5.34. The summed E-state index contributed by atoms with van der Waals surface area (Å²) in [5.41, 5.74) is 0.774. The van der Waals surface area contributed by atoms with Gasteiger partial charge in [-0.2, -0.15) is 5.26 Å². The zero-order chi connectivity index (χ0) is 14.9. The number of rotatable bonds is 4. The van der Waals surface area contributed by atoms with E-state index in [2.05, 4.69) is 16.4 Å². The Labute approximate surface area is 124 Å². The molecule has 0 spiro atoms. The molecule has 4 nitrogen and oxygen atoms in total. The molecule has 1 heterocycles. The molecule has 1 fully saturated rings. The fourth-order valence-electron chi connectivity index (χ4n) is 3.05. The lowest BCUT2D eigenvalue weighted by atomic mass is 9.62. The SMILES string of the molecule is Cc1cnc(C(C)NC2CC(C#N)(c3ccccc3)C2)o1. The van der Waals surface area contributed by atoms with E-state index < -0.39 is 0 Å². The minimum absolute atomic E-state index is 0.0659. The molecule has 0 radical (unpaired) electrons. The highest BCUT2D eigenvalue weighted by atomic mass is 16.4. The number of hydrogen-bond donors (Lipinski definition) is 1. The molecule has 108 valence electrons. The Hall–Kier alpha value is -2.12. The van der Waals surface area contributed by atoms with Gasteiger partial charge < -0.3 is 9.73 Å². The van der Waals surface area contributed by atoms with E-state index >= 15 is 0 Å². The number of nitrogens with one attached hydrogen (secondary N) is 1. The highest BCUT2D eigenvalue weighted by Crippen LogP contribution is 2.44. The first-order chi connectivity index (χ1) is 10.1. The molecule has 0 aliphatic heterocycles. The summed E-state index contributed by atoms with van der Waals surface area (Å²) in [6.07, 6.45) is 3.40. The molecule has 3 rings (SSSR count). The van der Waals surface area contributed by atoms with Gasteiger partial charge >= 0.3 is 0 Å². The number of benzene rings is 1. The van der Waals surface area contributed by atoms with Crippen molar-refractivity contribution < 1.29 is 4.42 Å². The molecule has 1 atom stereocenters. The van der Waals surface area contributed by atoms with Crippen LogP contribution in [0, 0.1) is 18.3 Å². The molecule has 21 heavy (non-hydrogen) atoms. The van der Waals surface area contributed by atoms with Gasteiger partial charge in [0.15, 0.2) is 0 Å². The summed E-state index contributed by atoms with van der Waals surface area (Å²) in [5, 5.41) is 13.1. The fraction of sp³-hybridized carbons (Fsp3) is 0.412. The molecule has 1 saturated carbocycles. The van der Waals surface area contributed by atoms with Crippen LogP contribution < -0.4 is 5.32 Å². The molecular formula is C17H19N3O. The largest absolute Gasteiger partial charge is 0.444 e. The summed E-state index contributed by atoms with van der Waals surface area (Å²) in [6.45, 7) is 3.93. The maximum atomic E-state index is 9.55. The molecule has 4 heteroatoms. The van der Waals surface area contributed by atoms with E-state index in [1.165, 1.54) is 0 Å². The predicted molar refractivity (Wildman–Crippen MR) is 79.5 cm³/mol. The molecule has 0 amide bonds. The Kier molecular flexibility index (Phi) is 3.52. The van der Waals surface area contributed by atoms with Crippen LogP contribution >= 0.6 is 0 Å². The molecule has 1 N–H and O–H groups in total. The highest BCUT2D eigenvalue weighted by Gasteiger charge is 2.46. The first kappa shape index (κ1) is 13.8. The third-order valence-electron chi connectivity index (χ3n) is 4.23. The van der Waals surface area contributed by atoms with Gasteiger partial charge in [0.2, 0.25) is 5.89 Å². The Morgan fingerprint density at radius 1 is 1.38 bits per heavy atom. The normalized spacial score (nSPS) is 25.9. The van der Waals surface area contributed by atoms with E-state index in [1.807, 2.05) is 44.2 Å². The molecule has 1 aliphatic carbocycles. The summed E-state index contributed by atoms with van der Waals surface area (Å²) < 4.78 is 5.54. The number of aromatic nitrogens is 1. The Bertz CT molecular complexity index is 650. The summed E-state index contributed by atoms with van der Waals surface area (Å²) >= 11 is 0. The van der Waals surface area contributed by atoms with Crippen molar-refractivity contribution in [1.29, 1.82) is 5.26 Å². The summed E-state index contributed by atoms with van der Waals surface area (Å²) in [6, 6.07) is 12.9. The van der Waals surface area contributed by atoms with Gasteiger partial charge in [0.05, 0.1) is 23.7 Å². The van der Waals surface area contributed by atoms with Crippen LogP contribution in [-0.4, -0.2) is 11.0 Å². The van der Waals surface area contributed by atoms with Crippen LogP contribution in [0.25, 0.3) is 0 Å². The van der Waals surface area contributed by atoms with Crippen LogP contribution in [0.2, 0.25) is 0 Å². The van der Waals surface area contributed by atoms with Gasteiger partial charge in [0.25, 0.3) is 0 Å². The van der Waals surface area contributed by atoms with Gasteiger partial charge in [-0.1, -0.05) is 30.3 Å². The molecular weight excluding hydrogens is 262 g/mol. The lowest BCUT2D eigenvalue weighted by Gasteiger charge is -2.44. The third-order valence-corrected chi connectivity index (χ3v) is 4.23. The summed E-state index contributed by atoms with van der Waals surface area (Å²) in [4.78, 5) is 4.25. The fourth-order valence-corrected chi connectivity index (χ4v) is 3.05. The Morgan fingerprint density at radius 3 is 2.67 bits per heavy atom. The highest BCUT2D eigenvalue weighted by molar-refractivity contribution is 5.36. The average Bonchev–Trinajstić information content (AvgIpc) is 2.90. The maximum Gasteiger partial charge on any atom is 0.211 e. The maximum absolute atomic E-state index is 9.55. The zero-order valence-electron chi connectivity index (χ0n) is 12.3. The van der Waals surface area contributed by atoms with Crippen molar-refractivity contribution in [3.8, 4) is 6.07 Å². The number of hydrogen-bond acceptors (Lipinski definition) is 4. The smallest absolute Gasteiger partial charge is 0.211 e. The van der Waals surface area contributed by atoms with Crippen LogP contribution in [0.3, 0.4) is 0 Å². The Balaban J connectivity index is 1.64. The van der Waals surface area contributed by atoms with E-state index in [1.54, 1.807) is 6.20 Å². The molecule has 1 aliphatic rings. The van der Waals surface area contributed by atoms with Gasteiger partial charge in [-0.15, -0.1) is 0 Å². The van der Waals surface area contributed by atoms with E-state index in [9.17, 15) is 5.26 Å². The van der Waals surface area contributed by atoms with E-state index in [0.29, 0.717) is 11.9 Å². The quantitative estimate of drug-likeness (QED) is 0.934. The Morgan fingerprint density at radius 2 is 2.10 bits per heavy atom. The number of oxazole rings is 1. The van der Waals surface area contributed by atoms with Crippen molar-refractivity contribution in [2.24, 2.45) is 0 Å². The van der Waals surface area contributed by atoms with Crippen LogP contribution in [0.1, 0.15) is 43.0 Å². The zero-order valence-corrected chi connectivity index (χ0v) is 12.3. The van der Waals surface area contributed by atoms with Crippen LogP contribution in [0.4, 0.5) is 0 Å². The van der Waals surface area contributed by atoms with Crippen molar-refractivity contribution in [3.05, 3.63) is 53.7 Å². The van der Waals surface area contributed by atoms with E-state index in [4.69, 9.17) is 4.42 Å². The molecule has 0 saturated heterocycles. The lowest BCUT2D eigenvalue weighted by Crippen LogP contribution is -2.51. The van der Waals surface area contributed by atoms with Crippen LogP contribution in [0.5, 0.6) is 0 Å². The second-order valence-corrected chi connectivity index (χ2v) is 5.86. The topological polar surface area (TPSA) is 61.9 Å². The van der Waals surface area contributed by atoms with Gasteiger partial charge in [0, 0.05) is 6.04 Å². The summed E-state index contributed by atoms with van der Waals surface area (Å²) in [7, 11) is 0. The molecule has 2 aromatic rings. The van der Waals surface area contributed by atoms with Crippen molar-refractivity contribution in [3.63, 3.8) is 0 Å². The van der Waals surface area contributed by atoms with E-state index in [-0.39, 0.29) is 11.5 Å². The minimum atomic E-state index is -0.342. The number of aryl methyl sites for hydroxylation is 1. The molecule has 1 aromatic carbocycles. The predicted octanol–water partition coefficient (Wildman–Crippen LogP) is 3.26. The van der Waals surface area contributed by atoms with Crippen LogP contribution in [0.15, 0.2) is 40.9 Å².